The Kier molecular flexibility index (Phi) is 3.24. The van der Waals surface area contributed by atoms with Crippen LogP contribution < -0.4 is 0 Å². The summed E-state index contributed by atoms with van der Waals surface area (Å²) in [5.41, 5.74) is 3.94. The average molecular weight is 344 g/mol. The first kappa shape index (κ1) is 14.7. The first-order valence-electron chi connectivity index (χ1n) is 8.32. The normalized spacial score (nSPS) is 11.4. The van der Waals surface area contributed by atoms with E-state index in [1.807, 2.05) is 51.8 Å². The molecule has 7 heteroatoms. The van der Waals surface area contributed by atoms with Crippen molar-refractivity contribution in [2.45, 2.75) is 13.5 Å². The van der Waals surface area contributed by atoms with Crippen molar-refractivity contribution in [3.8, 4) is 23.0 Å². The Morgan fingerprint density at radius 1 is 1.08 bits per heavy atom. The van der Waals surface area contributed by atoms with Crippen molar-refractivity contribution in [2.75, 3.05) is 0 Å². The maximum Gasteiger partial charge on any atom is 0.176 e. The van der Waals surface area contributed by atoms with E-state index in [0.29, 0.717) is 12.3 Å². The lowest BCUT2D eigenvalue weighted by molar-refractivity contribution is 0.583. The molecule has 0 saturated heterocycles. The van der Waals surface area contributed by atoms with Crippen molar-refractivity contribution in [3.05, 3.63) is 72.6 Å². The first-order chi connectivity index (χ1) is 12.8. The quantitative estimate of drug-likeness (QED) is 0.541. The van der Waals surface area contributed by atoms with Gasteiger partial charge in [-0.1, -0.05) is 6.07 Å². The Morgan fingerprint density at radius 2 is 2.00 bits per heavy atom. The number of aromatic amines is 1. The number of furan rings is 1. The predicted octanol–water partition coefficient (Wildman–Crippen LogP) is 3.54. The van der Waals surface area contributed by atoms with E-state index < -0.39 is 0 Å². The van der Waals surface area contributed by atoms with Gasteiger partial charge in [0.15, 0.2) is 17.3 Å². The number of aryl methyl sites for hydroxylation is 1. The second-order valence-corrected chi connectivity index (χ2v) is 6.17. The fourth-order valence-electron chi connectivity index (χ4n) is 3.11. The number of H-pyrrole nitrogens is 1. The summed E-state index contributed by atoms with van der Waals surface area (Å²) in [6.07, 6.45) is 9.46. The zero-order chi connectivity index (χ0) is 17.5. The Bertz CT molecular complexity index is 1180. The van der Waals surface area contributed by atoms with Crippen LogP contribution in [0.25, 0.3) is 28.7 Å². The molecule has 0 unspecified atom stereocenters. The Hall–Kier alpha value is -3.61. The molecule has 0 amide bonds. The number of pyridine rings is 1. The van der Waals surface area contributed by atoms with Crippen molar-refractivity contribution in [3.63, 3.8) is 0 Å². The third-order valence-corrected chi connectivity index (χ3v) is 4.37. The van der Waals surface area contributed by atoms with Gasteiger partial charge in [-0.25, -0.2) is 9.97 Å². The molecular weight excluding hydrogens is 328 g/mol. The molecule has 0 atom stereocenters. The molecule has 0 radical (unpaired) electrons. The topological polar surface area (TPSA) is 76.9 Å². The number of nitrogens with one attached hydrogen (secondary N) is 1. The van der Waals surface area contributed by atoms with Gasteiger partial charge in [-0.05, 0) is 36.8 Å². The van der Waals surface area contributed by atoms with E-state index in [-0.39, 0.29) is 0 Å². The molecule has 0 fully saturated rings. The van der Waals surface area contributed by atoms with E-state index in [1.165, 1.54) is 0 Å². The number of rotatable bonds is 4. The molecular formula is C19H16N6O. The highest BCUT2D eigenvalue weighted by Crippen LogP contribution is 2.26. The van der Waals surface area contributed by atoms with Gasteiger partial charge in [0.1, 0.15) is 11.3 Å². The van der Waals surface area contributed by atoms with Crippen molar-refractivity contribution < 1.29 is 4.42 Å². The molecule has 0 spiro atoms. The molecule has 5 rings (SSSR count). The SMILES string of the molecule is Cc1cccn2cc(Cn3ccnc3-c3ccc(-c4ccn[nH]4)o3)nc12. The van der Waals surface area contributed by atoms with Gasteiger partial charge >= 0.3 is 0 Å². The second kappa shape index (κ2) is 5.73. The standard InChI is InChI=1S/C19H16N6O/c1-13-3-2-9-24-11-14(22-18(13)24)12-25-10-8-20-19(25)17-5-4-16(26-17)15-6-7-21-23-15/h2-11H,12H2,1H3,(H,21,23). The van der Waals surface area contributed by atoms with E-state index >= 15 is 0 Å². The van der Waals surface area contributed by atoms with Crippen LogP contribution in [0.4, 0.5) is 0 Å². The molecule has 0 aliphatic heterocycles. The minimum atomic E-state index is 0.622. The third-order valence-electron chi connectivity index (χ3n) is 4.37. The van der Waals surface area contributed by atoms with Crippen LogP contribution in [0, 0.1) is 6.92 Å². The maximum absolute atomic E-state index is 5.95. The number of hydrogen-bond acceptors (Lipinski definition) is 4. The monoisotopic (exact) mass is 344 g/mol. The van der Waals surface area contributed by atoms with Gasteiger partial charge < -0.3 is 13.4 Å². The highest BCUT2D eigenvalue weighted by Gasteiger charge is 2.14. The van der Waals surface area contributed by atoms with Gasteiger partial charge in [0.2, 0.25) is 0 Å². The van der Waals surface area contributed by atoms with Crippen LogP contribution in [0.15, 0.2) is 65.7 Å². The van der Waals surface area contributed by atoms with Crippen LogP contribution in [0.5, 0.6) is 0 Å². The zero-order valence-corrected chi connectivity index (χ0v) is 14.1. The van der Waals surface area contributed by atoms with Gasteiger partial charge in [-0.3, -0.25) is 5.10 Å². The van der Waals surface area contributed by atoms with E-state index in [1.54, 1.807) is 12.4 Å². The van der Waals surface area contributed by atoms with Crippen LogP contribution in [0.2, 0.25) is 0 Å². The lowest BCUT2D eigenvalue weighted by atomic mass is 10.3. The van der Waals surface area contributed by atoms with E-state index in [9.17, 15) is 0 Å². The third kappa shape index (κ3) is 2.41. The summed E-state index contributed by atoms with van der Waals surface area (Å²) < 4.78 is 10.0. The van der Waals surface area contributed by atoms with Crippen LogP contribution >= 0.6 is 0 Å². The molecule has 5 aromatic heterocycles. The highest BCUT2D eigenvalue weighted by atomic mass is 16.3. The molecule has 0 bridgehead atoms. The van der Waals surface area contributed by atoms with Gasteiger partial charge in [0.05, 0.1) is 12.2 Å². The molecule has 0 aliphatic rings. The first-order valence-corrected chi connectivity index (χ1v) is 8.32. The lowest BCUT2D eigenvalue weighted by Gasteiger charge is -2.03. The molecule has 0 aromatic carbocycles. The van der Waals surface area contributed by atoms with Crippen LogP contribution in [0.1, 0.15) is 11.3 Å². The zero-order valence-electron chi connectivity index (χ0n) is 14.1. The predicted molar refractivity (Wildman–Crippen MR) is 96.5 cm³/mol. The molecule has 26 heavy (non-hydrogen) atoms. The molecule has 1 N–H and O–H groups in total. The molecule has 7 nitrogen and oxygen atoms in total. The molecule has 0 aliphatic carbocycles. The molecule has 5 heterocycles. The number of imidazole rings is 2. The van der Waals surface area contributed by atoms with Crippen molar-refractivity contribution in [1.29, 1.82) is 0 Å². The van der Waals surface area contributed by atoms with Crippen LogP contribution in [0.3, 0.4) is 0 Å². The van der Waals surface area contributed by atoms with Crippen molar-refractivity contribution >= 4 is 5.65 Å². The summed E-state index contributed by atoms with van der Waals surface area (Å²) in [4.78, 5) is 9.20. The second-order valence-electron chi connectivity index (χ2n) is 6.17. The van der Waals surface area contributed by atoms with Gasteiger partial charge in [-0.15, -0.1) is 0 Å². The maximum atomic E-state index is 5.95. The average Bonchev–Trinajstić information content (AvgIpc) is 3.41. The van der Waals surface area contributed by atoms with Crippen molar-refractivity contribution in [2.24, 2.45) is 0 Å². The van der Waals surface area contributed by atoms with E-state index in [0.717, 1.165) is 34.2 Å². The summed E-state index contributed by atoms with van der Waals surface area (Å²) in [6, 6.07) is 9.79. The highest BCUT2D eigenvalue weighted by molar-refractivity contribution is 5.58. The lowest BCUT2D eigenvalue weighted by Crippen LogP contribution is -2.00. The molecule has 128 valence electrons. The summed E-state index contributed by atoms with van der Waals surface area (Å²) in [5.74, 6) is 2.21. The Morgan fingerprint density at radius 3 is 2.85 bits per heavy atom. The Balaban J connectivity index is 1.48. The molecule has 5 aromatic rings. The minimum Gasteiger partial charge on any atom is -0.451 e. The summed E-state index contributed by atoms with van der Waals surface area (Å²) >= 11 is 0. The summed E-state index contributed by atoms with van der Waals surface area (Å²) in [7, 11) is 0. The van der Waals surface area contributed by atoms with Crippen LogP contribution in [-0.2, 0) is 6.54 Å². The fraction of sp³-hybridized carbons (Fsp3) is 0.105. The minimum absolute atomic E-state index is 0.622. The number of hydrogen-bond donors (Lipinski definition) is 1. The van der Waals surface area contributed by atoms with E-state index in [2.05, 4.69) is 28.2 Å². The smallest absolute Gasteiger partial charge is 0.176 e. The number of aromatic nitrogens is 6. The van der Waals surface area contributed by atoms with Gasteiger partial charge in [-0.2, -0.15) is 5.10 Å². The largest absolute Gasteiger partial charge is 0.451 e. The van der Waals surface area contributed by atoms with E-state index in [4.69, 9.17) is 9.40 Å². The summed E-state index contributed by atoms with van der Waals surface area (Å²) in [6.45, 7) is 2.69. The van der Waals surface area contributed by atoms with Crippen LogP contribution in [-0.4, -0.2) is 29.1 Å². The number of fused-ring (bicyclic) bond motifs is 1. The molecule has 0 saturated carbocycles. The fourth-order valence-corrected chi connectivity index (χ4v) is 3.11. The Labute approximate surface area is 149 Å². The number of nitrogens with zero attached hydrogens (tertiary/aromatic N) is 5. The van der Waals surface area contributed by atoms with Gasteiger partial charge in [0.25, 0.3) is 0 Å². The summed E-state index contributed by atoms with van der Waals surface area (Å²) in [5, 5.41) is 6.86. The van der Waals surface area contributed by atoms with Crippen molar-refractivity contribution in [1.82, 2.24) is 29.1 Å². The van der Waals surface area contributed by atoms with Gasteiger partial charge in [0, 0.05) is 31.0 Å².